The second kappa shape index (κ2) is 30.8. The van der Waals surface area contributed by atoms with Crippen molar-refractivity contribution in [1.29, 1.82) is 0 Å². The molecule has 69 heavy (non-hydrogen) atoms. The zero-order valence-corrected chi connectivity index (χ0v) is 99.4. The SMILES string of the molecule is BrC(Br)(Br)C(Br)(Br)C(Br)(Br)C(Br)(Br)C(Br)(Br)C(Br)(Br)C(Br)(Br)C(Br)(Br)C(Br)(Br)C(Br)(Br)C(Br)(Br)C(Br)(Br)C(Br)(Br)C(Br)(Br)C(Br)(Br)C(Br)(Br)C(Br)(Br)C(Br)(Br)C(Br)(Br)C(Br)(Br)C(Br)(Br)Br.O=S([O-])O. The summed E-state index contributed by atoms with van der Waals surface area (Å²) in [7, 11) is 0. The van der Waals surface area contributed by atoms with Crippen LogP contribution in [0.4, 0.5) is 0 Å². The predicted octanol–water partition coefficient (Wildman–Crippen LogP) is 32.2. The lowest BCUT2D eigenvalue weighted by Crippen LogP contribution is -2.74. The van der Waals surface area contributed by atoms with Crippen molar-refractivity contribution in [3.63, 3.8) is 0 Å². The third kappa shape index (κ3) is 16.8. The summed E-state index contributed by atoms with van der Waals surface area (Å²) in [6.07, 6.45) is 0. The number of alkyl halides is 44. The lowest BCUT2D eigenvalue weighted by atomic mass is 10.0. The van der Waals surface area contributed by atoms with Crippen molar-refractivity contribution >= 4 is 712 Å². The van der Waals surface area contributed by atoms with Crippen molar-refractivity contribution in [2.75, 3.05) is 0 Å². The Morgan fingerprint density at radius 3 is 0.275 bits per heavy atom. The lowest BCUT2D eigenvalue weighted by Gasteiger charge is -2.63. The molecule has 0 saturated heterocycles. The standard InChI is InChI=1S/C21Br44.H2O3S/c22-1(23,2(24,25)4(28,29)6(32,33)8(36,37)10(40,41)12(44,45)14(48,49)16(52,53)18(56,57)20(60,61)62)3(26,27)5(30,31)7(34,35)9(38,39)11(42,43)13(46,47)15(50,51)17(54,55)19(58,59)21(63,64)65;1-4(2)3/h;(H2,1,2,3)/p-1. The molecule has 0 fully saturated rings. The largest absolute Gasteiger partial charge is 0.750 e. The van der Waals surface area contributed by atoms with E-state index in [0.29, 0.717) is 0 Å². The van der Waals surface area contributed by atoms with Gasteiger partial charge in [-0.1, -0.05) is 701 Å². The molecule has 0 aromatic rings. The molecule has 0 radical (unpaired) electrons. The quantitative estimate of drug-likeness (QED) is 0.110. The first-order chi connectivity index (χ1) is 28.7. The normalized spacial score (nSPS) is 17.4. The van der Waals surface area contributed by atoms with Crippen molar-refractivity contribution in [1.82, 2.24) is 0 Å². The van der Waals surface area contributed by atoms with E-state index in [9.17, 15) is 0 Å². The van der Waals surface area contributed by atoms with Crippen LogP contribution in [0.25, 0.3) is 0 Å². The number of rotatable bonds is 18. The summed E-state index contributed by atoms with van der Waals surface area (Å²) < 4.78 is -2.44. The van der Waals surface area contributed by atoms with Crippen LogP contribution in [-0.2, 0) is 11.4 Å². The molecule has 0 amide bonds. The minimum atomic E-state index is -2.86. The Balaban J connectivity index is 0. The maximum Gasteiger partial charge on any atom is 0.162 e. The molecular weight excluding hydrogens is 3850 g/mol. The molecule has 0 spiro atoms. The third-order valence-electron chi connectivity index (χ3n) is 7.81. The van der Waals surface area contributed by atoms with E-state index < -0.39 is 77.1 Å². The molecule has 0 aliphatic rings. The summed E-state index contributed by atoms with van der Waals surface area (Å²) >= 11 is 171. The Morgan fingerprint density at radius 1 is 0.188 bits per heavy atom. The van der Waals surface area contributed by atoms with E-state index in [-0.39, 0.29) is 0 Å². The van der Waals surface area contributed by atoms with Gasteiger partial charge in [0.05, 0.1) is 11.4 Å². The molecule has 1 N–H and O–H groups in total. The van der Waals surface area contributed by atoms with Gasteiger partial charge in [-0.25, -0.2) is 4.21 Å². The average Bonchev–Trinajstić information content (AvgIpc) is 3.08. The molecule has 0 bridgehead atoms. The highest BCUT2D eigenvalue weighted by molar-refractivity contribution is 9.44. The number of halogens is 44. The zero-order valence-electron chi connectivity index (χ0n) is 28.8. The van der Waals surface area contributed by atoms with E-state index in [4.69, 9.17) is 13.3 Å². The molecule has 1 atom stereocenters. The van der Waals surface area contributed by atoms with Gasteiger partial charge in [-0.3, -0.25) is 0 Å². The van der Waals surface area contributed by atoms with Gasteiger partial charge in [-0.15, -0.1) is 0 Å². The Labute approximate surface area is 771 Å². The van der Waals surface area contributed by atoms with Gasteiger partial charge < -0.3 is 9.11 Å². The monoisotopic (exact) mass is 3810 g/mol. The summed E-state index contributed by atoms with van der Waals surface area (Å²) in [6.45, 7) is 0. The van der Waals surface area contributed by atoms with E-state index in [1.807, 2.05) is 0 Å². The van der Waals surface area contributed by atoms with Gasteiger partial charge in [0.25, 0.3) is 0 Å². The Morgan fingerprint density at radius 2 is 0.232 bits per heavy atom. The zero-order chi connectivity index (χ0) is 58.1. The van der Waals surface area contributed by atoms with Gasteiger partial charge in [-0.2, -0.15) is 0 Å². The van der Waals surface area contributed by atoms with E-state index in [1.54, 1.807) is 0 Å². The Hall–Kier alpha value is 21.2. The summed E-state index contributed by atoms with van der Waals surface area (Å²) in [5.41, 5.74) is 0. The fraction of sp³-hybridized carbons (Fsp3) is 1.00. The van der Waals surface area contributed by atoms with Crippen molar-refractivity contribution in [2.24, 2.45) is 0 Å². The molecule has 0 aromatic heterocycles. The summed E-state index contributed by atoms with van der Waals surface area (Å²) in [4.78, 5) is 0. The molecule has 0 aliphatic heterocycles. The van der Waals surface area contributed by atoms with Crippen LogP contribution in [0.3, 0.4) is 0 Å². The van der Waals surface area contributed by atoms with Crippen molar-refractivity contribution in [3.8, 4) is 0 Å². The summed E-state index contributed by atoms with van der Waals surface area (Å²) in [5, 5.41) is 0. The summed E-state index contributed by atoms with van der Waals surface area (Å²) in [6, 6.07) is 0. The molecular formula is C21HBr44O3S-. The van der Waals surface area contributed by atoms with Gasteiger partial charge in [0.1, 0.15) is 61.4 Å². The van der Waals surface area contributed by atoms with Gasteiger partial charge in [0.15, 0.2) is 4.29 Å². The van der Waals surface area contributed by atoms with Gasteiger partial charge >= 0.3 is 0 Å². The van der Waals surface area contributed by atoms with Crippen molar-refractivity contribution in [3.05, 3.63) is 0 Å². The molecule has 0 saturated carbocycles. The van der Waals surface area contributed by atoms with Crippen LogP contribution in [0.2, 0.25) is 0 Å². The molecule has 48 heteroatoms. The molecule has 0 aliphatic carbocycles. The van der Waals surface area contributed by atoms with Crippen LogP contribution in [0.15, 0.2) is 0 Å². The molecule has 0 aromatic carbocycles. The van der Waals surface area contributed by atoms with Crippen LogP contribution < -0.4 is 0 Å². The maximum atomic E-state index is 8.56. The smallest absolute Gasteiger partial charge is 0.162 e. The second-order valence-electron chi connectivity index (χ2n) is 12.1. The maximum absolute atomic E-state index is 8.56. The Bertz CT molecular complexity index is 1720. The van der Waals surface area contributed by atoms with Crippen LogP contribution in [0, 0.1) is 0 Å². The van der Waals surface area contributed by atoms with E-state index in [0.717, 1.165) is 0 Å². The second-order valence-corrected chi connectivity index (χ2v) is 91.5. The highest BCUT2D eigenvalue weighted by Crippen LogP contribution is 2.85. The van der Waals surface area contributed by atoms with Crippen molar-refractivity contribution in [2.45, 2.75) is 65.7 Å². The lowest BCUT2D eigenvalue weighted by molar-refractivity contribution is 0.436. The van der Waals surface area contributed by atoms with Crippen LogP contribution >= 0.6 is 701 Å². The van der Waals surface area contributed by atoms with Gasteiger partial charge in [-0.05, 0) is 0 Å². The van der Waals surface area contributed by atoms with E-state index >= 15 is 0 Å². The van der Waals surface area contributed by atoms with Crippen LogP contribution in [0.5, 0.6) is 0 Å². The van der Waals surface area contributed by atoms with Crippen LogP contribution in [0.1, 0.15) is 0 Å². The molecule has 3 nitrogen and oxygen atoms in total. The summed E-state index contributed by atoms with van der Waals surface area (Å²) in [5.74, 6) is 0. The fourth-order valence-electron chi connectivity index (χ4n) is 3.71. The topological polar surface area (TPSA) is 60.4 Å². The molecule has 0 heterocycles. The molecule has 1 unspecified atom stereocenters. The first-order valence-electron chi connectivity index (χ1n) is 13.8. The first kappa shape index (κ1) is 92.2. The predicted molar refractivity (Wildman–Crippen MR) is 462 cm³/mol. The van der Waals surface area contributed by atoms with E-state index in [1.165, 1.54) is 0 Å². The molecule has 418 valence electrons. The molecule has 0 rings (SSSR count). The van der Waals surface area contributed by atoms with Gasteiger partial charge in [0.2, 0.25) is 0 Å². The van der Waals surface area contributed by atoms with E-state index in [2.05, 4.69) is 701 Å². The third-order valence-corrected chi connectivity index (χ3v) is 101. The first-order valence-corrected chi connectivity index (χ1v) is 49.8. The average molecular weight is 3850 g/mol. The number of hydrogen-bond donors (Lipinski definition) is 1. The van der Waals surface area contributed by atoms with Gasteiger partial charge in [0, 0.05) is 0 Å². The highest BCUT2D eigenvalue weighted by atomic mass is 80.0. The fourth-order valence-corrected chi connectivity index (χ4v) is 48.2. The van der Waals surface area contributed by atoms with Crippen molar-refractivity contribution < 1.29 is 13.3 Å². The highest BCUT2D eigenvalue weighted by Gasteiger charge is 2.85. The minimum Gasteiger partial charge on any atom is -0.750 e. The minimum absolute atomic E-state index is 0.930. The number of hydrogen-bond acceptors (Lipinski definition) is 2. The van der Waals surface area contributed by atoms with Crippen LogP contribution in [-0.4, -0.2) is 79.0 Å². The Kier molecular flexibility index (Phi) is 41.1.